The van der Waals surface area contributed by atoms with Crippen LogP contribution in [0.3, 0.4) is 0 Å². The molecule has 0 aliphatic carbocycles. The van der Waals surface area contributed by atoms with Crippen LogP contribution in [0.25, 0.3) is 0 Å². The zero-order valence-corrected chi connectivity index (χ0v) is 8.06. The number of rotatable bonds is 7. The number of esters is 1. The Morgan fingerprint density at radius 1 is 1.25 bits per heavy atom. The Bertz CT molecular complexity index is 115. The first kappa shape index (κ1) is 11.4. The predicted octanol–water partition coefficient (Wildman–Crippen LogP) is 1.33. The summed E-state index contributed by atoms with van der Waals surface area (Å²) in [6.07, 6.45) is 2.51. The molecule has 3 nitrogen and oxygen atoms in total. The summed E-state index contributed by atoms with van der Waals surface area (Å²) in [4.78, 5) is 10.8. The third kappa shape index (κ3) is 7.54. The summed E-state index contributed by atoms with van der Waals surface area (Å²) in [5.74, 6) is -0.0872. The number of carbonyl (C=O) groups excluding carboxylic acids is 1. The van der Waals surface area contributed by atoms with Crippen molar-refractivity contribution in [2.24, 2.45) is 0 Å². The standard InChI is InChI=1S/C9H19NO2/c1-3-5-9(11)12-8-7-10-6-4-2/h10H,3-8H2,1-2H3. The molecule has 0 radical (unpaired) electrons. The van der Waals surface area contributed by atoms with Crippen molar-refractivity contribution >= 4 is 5.97 Å². The highest BCUT2D eigenvalue weighted by Crippen LogP contribution is 1.89. The number of carbonyl (C=O) groups is 1. The third-order valence-electron chi connectivity index (χ3n) is 1.42. The van der Waals surface area contributed by atoms with E-state index in [-0.39, 0.29) is 5.97 Å². The smallest absolute Gasteiger partial charge is 0.305 e. The Hall–Kier alpha value is -0.570. The molecule has 0 rings (SSSR count). The first-order valence-corrected chi connectivity index (χ1v) is 4.67. The summed E-state index contributed by atoms with van der Waals surface area (Å²) < 4.78 is 4.93. The molecular weight excluding hydrogens is 154 g/mol. The molecule has 0 amide bonds. The predicted molar refractivity (Wildman–Crippen MR) is 49.0 cm³/mol. The summed E-state index contributed by atoms with van der Waals surface area (Å²) >= 11 is 0. The van der Waals surface area contributed by atoms with E-state index in [0.717, 1.165) is 25.9 Å². The van der Waals surface area contributed by atoms with Crippen LogP contribution in [0, 0.1) is 0 Å². The van der Waals surface area contributed by atoms with Crippen LogP contribution >= 0.6 is 0 Å². The van der Waals surface area contributed by atoms with Gasteiger partial charge in [-0.15, -0.1) is 0 Å². The van der Waals surface area contributed by atoms with Crippen LogP contribution in [0.2, 0.25) is 0 Å². The lowest BCUT2D eigenvalue weighted by Crippen LogP contribution is -2.21. The summed E-state index contributed by atoms with van der Waals surface area (Å²) in [5, 5.41) is 3.16. The van der Waals surface area contributed by atoms with Crippen molar-refractivity contribution in [2.75, 3.05) is 19.7 Å². The van der Waals surface area contributed by atoms with Crippen molar-refractivity contribution < 1.29 is 9.53 Å². The van der Waals surface area contributed by atoms with E-state index in [9.17, 15) is 4.79 Å². The number of ether oxygens (including phenoxy) is 1. The van der Waals surface area contributed by atoms with Crippen LogP contribution in [0.4, 0.5) is 0 Å². The van der Waals surface area contributed by atoms with E-state index in [1.54, 1.807) is 0 Å². The molecule has 0 aliphatic rings. The number of hydrogen-bond donors (Lipinski definition) is 1. The maximum Gasteiger partial charge on any atom is 0.305 e. The van der Waals surface area contributed by atoms with Gasteiger partial charge in [-0.2, -0.15) is 0 Å². The van der Waals surface area contributed by atoms with Crippen molar-refractivity contribution in [1.29, 1.82) is 0 Å². The lowest BCUT2D eigenvalue weighted by atomic mass is 10.3. The molecule has 0 fully saturated rings. The van der Waals surface area contributed by atoms with Crippen LogP contribution in [-0.4, -0.2) is 25.7 Å². The zero-order chi connectivity index (χ0) is 9.23. The maximum absolute atomic E-state index is 10.8. The second-order valence-electron chi connectivity index (χ2n) is 2.72. The summed E-state index contributed by atoms with van der Waals surface area (Å²) in [6.45, 7) is 6.33. The van der Waals surface area contributed by atoms with Gasteiger partial charge in [0.15, 0.2) is 0 Å². The third-order valence-corrected chi connectivity index (χ3v) is 1.42. The molecule has 0 aromatic rings. The summed E-state index contributed by atoms with van der Waals surface area (Å²) in [6, 6.07) is 0. The molecule has 0 spiro atoms. The fourth-order valence-corrected chi connectivity index (χ4v) is 0.815. The second-order valence-corrected chi connectivity index (χ2v) is 2.72. The molecule has 1 N–H and O–H groups in total. The summed E-state index contributed by atoms with van der Waals surface area (Å²) in [5.41, 5.74) is 0. The van der Waals surface area contributed by atoms with E-state index in [2.05, 4.69) is 12.2 Å². The molecule has 0 aliphatic heterocycles. The highest BCUT2D eigenvalue weighted by atomic mass is 16.5. The zero-order valence-electron chi connectivity index (χ0n) is 8.06. The number of hydrogen-bond acceptors (Lipinski definition) is 3. The minimum atomic E-state index is -0.0872. The van der Waals surface area contributed by atoms with E-state index in [1.807, 2.05) is 6.92 Å². The molecule has 0 unspecified atom stereocenters. The Morgan fingerprint density at radius 2 is 2.00 bits per heavy atom. The molecule has 72 valence electrons. The van der Waals surface area contributed by atoms with Crippen molar-refractivity contribution in [2.45, 2.75) is 33.1 Å². The Balaban J connectivity index is 3.03. The normalized spacial score (nSPS) is 9.83. The van der Waals surface area contributed by atoms with Crippen LogP contribution in [0.15, 0.2) is 0 Å². The highest BCUT2D eigenvalue weighted by Gasteiger charge is 1.98. The Morgan fingerprint density at radius 3 is 2.58 bits per heavy atom. The van der Waals surface area contributed by atoms with Gasteiger partial charge in [0.2, 0.25) is 0 Å². The molecule has 3 heteroatoms. The molecule has 12 heavy (non-hydrogen) atoms. The molecule has 0 aromatic heterocycles. The maximum atomic E-state index is 10.8. The lowest BCUT2D eigenvalue weighted by molar-refractivity contribution is -0.143. The molecule has 0 atom stereocenters. The number of nitrogens with one attached hydrogen (secondary N) is 1. The van der Waals surface area contributed by atoms with Crippen molar-refractivity contribution in [3.05, 3.63) is 0 Å². The summed E-state index contributed by atoms with van der Waals surface area (Å²) in [7, 11) is 0. The first-order valence-electron chi connectivity index (χ1n) is 4.67. The quantitative estimate of drug-likeness (QED) is 0.466. The van der Waals surface area contributed by atoms with Gasteiger partial charge in [-0.3, -0.25) is 4.79 Å². The van der Waals surface area contributed by atoms with E-state index in [1.165, 1.54) is 0 Å². The molecule has 0 saturated heterocycles. The molecule has 0 bridgehead atoms. The minimum Gasteiger partial charge on any atom is -0.464 e. The molecule has 0 saturated carbocycles. The molecule has 0 aromatic carbocycles. The van der Waals surface area contributed by atoms with E-state index < -0.39 is 0 Å². The van der Waals surface area contributed by atoms with Crippen molar-refractivity contribution in [3.63, 3.8) is 0 Å². The van der Waals surface area contributed by atoms with E-state index in [4.69, 9.17) is 4.74 Å². The van der Waals surface area contributed by atoms with Crippen LogP contribution < -0.4 is 5.32 Å². The van der Waals surface area contributed by atoms with Crippen molar-refractivity contribution in [3.8, 4) is 0 Å². The fourth-order valence-electron chi connectivity index (χ4n) is 0.815. The molecular formula is C9H19NO2. The van der Waals surface area contributed by atoms with Crippen LogP contribution in [0.1, 0.15) is 33.1 Å². The minimum absolute atomic E-state index is 0.0872. The van der Waals surface area contributed by atoms with Gasteiger partial charge in [0.1, 0.15) is 6.61 Å². The first-order chi connectivity index (χ1) is 5.81. The van der Waals surface area contributed by atoms with Gasteiger partial charge in [0.25, 0.3) is 0 Å². The Labute approximate surface area is 74.5 Å². The van der Waals surface area contributed by atoms with Gasteiger partial charge in [-0.25, -0.2) is 0 Å². The SMILES string of the molecule is CCCNCCOC(=O)CCC. The van der Waals surface area contributed by atoms with Crippen LogP contribution in [0.5, 0.6) is 0 Å². The molecule has 0 heterocycles. The van der Waals surface area contributed by atoms with Crippen LogP contribution in [-0.2, 0) is 9.53 Å². The van der Waals surface area contributed by atoms with Gasteiger partial charge in [0, 0.05) is 13.0 Å². The topological polar surface area (TPSA) is 38.3 Å². The Kier molecular flexibility index (Phi) is 8.12. The van der Waals surface area contributed by atoms with E-state index in [0.29, 0.717) is 13.0 Å². The second kappa shape index (κ2) is 8.53. The van der Waals surface area contributed by atoms with Gasteiger partial charge in [-0.05, 0) is 19.4 Å². The lowest BCUT2D eigenvalue weighted by Gasteiger charge is -2.04. The van der Waals surface area contributed by atoms with E-state index >= 15 is 0 Å². The highest BCUT2D eigenvalue weighted by molar-refractivity contribution is 5.69. The van der Waals surface area contributed by atoms with Gasteiger partial charge in [-0.1, -0.05) is 13.8 Å². The average Bonchev–Trinajstić information content (AvgIpc) is 2.05. The monoisotopic (exact) mass is 173 g/mol. The van der Waals surface area contributed by atoms with Gasteiger partial charge in [0.05, 0.1) is 0 Å². The van der Waals surface area contributed by atoms with Gasteiger partial charge >= 0.3 is 5.97 Å². The van der Waals surface area contributed by atoms with Gasteiger partial charge < -0.3 is 10.1 Å². The fraction of sp³-hybridized carbons (Fsp3) is 0.889. The van der Waals surface area contributed by atoms with Crippen molar-refractivity contribution in [1.82, 2.24) is 5.32 Å². The average molecular weight is 173 g/mol. The largest absolute Gasteiger partial charge is 0.464 e.